The van der Waals surface area contributed by atoms with Crippen LogP contribution in [0.1, 0.15) is 48.3 Å². The molecule has 8 nitrogen and oxygen atoms in total. The van der Waals surface area contributed by atoms with E-state index in [4.69, 9.17) is 21.1 Å². The van der Waals surface area contributed by atoms with Crippen LogP contribution in [-0.2, 0) is 28.7 Å². The molecule has 0 radical (unpaired) electrons. The number of ether oxygens (including phenoxy) is 2. The van der Waals surface area contributed by atoms with Gasteiger partial charge in [0.05, 0.1) is 24.2 Å². The molecule has 0 bridgehead atoms. The minimum absolute atomic E-state index is 0.0121. The summed E-state index contributed by atoms with van der Waals surface area (Å²) in [6.07, 6.45) is 3.74. The number of aromatic nitrogens is 2. The second-order valence-corrected chi connectivity index (χ2v) is 12.4. The number of fused-ring (bicyclic) bond motifs is 1. The standard InChI is InChI=1S/C27H30ClN3O5S/c1-18(2)13-31-23(12-29-27(31)37(33,34)16-20-4-3-5-22(28)10-20)15-30(14-19-6-7-19)26(32)21-8-9-24-25(11-21)36-17-35-24/h3-5,8-12,18-19H,6-7,13-17H2,1-2H3. The van der Waals surface area contributed by atoms with Crippen LogP contribution in [0.3, 0.4) is 0 Å². The highest BCUT2D eigenvalue weighted by Crippen LogP contribution is 2.34. The summed E-state index contributed by atoms with van der Waals surface area (Å²) < 4.78 is 39.4. The molecular weight excluding hydrogens is 514 g/mol. The summed E-state index contributed by atoms with van der Waals surface area (Å²) >= 11 is 6.07. The summed E-state index contributed by atoms with van der Waals surface area (Å²) in [4.78, 5) is 19.7. The van der Waals surface area contributed by atoms with E-state index < -0.39 is 9.84 Å². The van der Waals surface area contributed by atoms with Crippen LogP contribution < -0.4 is 9.47 Å². The summed E-state index contributed by atoms with van der Waals surface area (Å²) in [7, 11) is -3.75. The quantitative estimate of drug-likeness (QED) is 0.359. The molecule has 0 atom stereocenters. The molecule has 5 rings (SSSR count). The average molecular weight is 544 g/mol. The van der Waals surface area contributed by atoms with E-state index in [-0.39, 0.29) is 36.1 Å². The van der Waals surface area contributed by atoms with E-state index >= 15 is 0 Å². The Hall–Kier alpha value is -3.04. The third-order valence-electron chi connectivity index (χ3n) is 6.41. The molecular formula is C27H30ClN3O5S. The van der Waals surface area contributed by atoms with Gasteiger partial charge in [-0.2, -0.15) is 0 Å². The van der Waals surface area contributed by atoms with Crippen molar-refractivity contribution >= 4 is 27.3 Å². The maximum atomic E-state index is 13.6. The van der Waals surface area contributed by atoms with Gasteiger partial charge in [0.25, 0.3) is 5.91 Å². The van der Waals surface area contributed by atoms with Gasteiger partial charge in [-0.25, -0.2) is 13.4 Å². The second kappa shape index (κ2) is 10.4. The lowest BCUT2D eigenvalue weighted by atomic mass is 10.1. The third kappa shape index (κ3) is 5.93. The lowest BCUT2D eigenvalue weighted by Crippen LogP contribution is -2.33. The summed E-state index contributed by atoms with van der Waals surface area (Å²) in [6, 6.07) is 12.0. The Morgan fingerprint density at radius 3 is 2.68 bits per heavy atom. The molecule has 10 heteroatoms. The fourth-order valence-corrected chi connectivity index (χ4v) is 6.18. The first kappa shape index (κ1) is 25.6. The average Bonchev–Trinajstić information content (AvgIpc) is 3.38. The first-order chi connectivity index (χ1) is 17.7. The molecule has 1 amide bonds. The van der Waals surface area contributed by atoms with Gasteiger partial charge in [0.1, 0.15) is 0 Å². The van der Waals surface area contributed by atoms with Gasteiger partial charge in [-0.1, -0.05) is 37.6 Å². The first-order valence-electron chi connectivity index (χ1n) is 12.4. The molecule has 0 saturated heterocycles. The fourth-order valence-electron chi connectivity index (χ4n) is 4.48. The molecule has 1 aliphatic heterocycles. The SMILES string of the molecule is CC(C)Cn1c(CN(CC2CC2)C(=O)c2ccc3c(c2)OCO3)cnc1S(=O)(=O)Cc1cccc(Cl)c1. The molecule has 0 unspecified atom stereocenters. The molecule has 1 saturated carbocycles. The van der Waals surface area contributed by atoms with E-state index in [1.165, 1.54) is 0 Å². The van der Waals surface area contributed by atoms with Crippen molar-refractivity contribution in [2.24, 2.45) is 11.8 Å². The summed E-state index contributed by atoms with van der Waals surface area (Å²) in [5, 5.41) is 0.495. The van der Waals surface area contributed by atoms with E-state index in [9.17, 15) is 13.2 Å². The number of imidazole rings is 1. The molecule has 1 fully saturated rings. The normalized spacial score (nSPS) is 14.8. The van der Waals surface area contributed by atoms with Gasteiger partial charge in [0.2, 0.25) is 21.8 Å². The highest BCUT2D eigenvalue weighted by Gasteiger charge is 2.31. The van der Waals surface area contributed by atoms with Crippen molar-refractivity contribution in [3.63, 3.8) is 0 Å². The van der Waals surface area contributed by atoms with Crippen molar-refractivity contribution in [1.82, 2.24) is 14.5 Å². The van der Waals surface area contributed by atoms with Crippen molar-refractivity contribution in [3.8, 4) is 11.5 Å². The van der Waals surface area contributed by atoms with Crippen molar-refractivity contribution in [2.45, 2.75) is 50.7 Å². The van der Waals surface area contributed by atoms with Crippen LogP contribution >= 0.6 is 11.6 Å². The maximum Gasteiger partial charge on any atom is 0.254 e. The lowest BCUT2D eigenvalue weighted by molar-refractivity contribution is 0.0730. The summed E-state index contributed by atoms with van der Waals surface area (Å²) in [5.41, 5.74) is 1.79. The van der Waals surface area contributed by atoms with Crippen LogP contribution in [0.25, 0.3) is 0 Å². The Labute approximate surface area is 222 Å². The zero-order valence-corrected chi connectivity index (χ0v) is 22.5. The van der Waals surface area contributed by atoms with Gasteiger partial charge in [-0.15, -0.1) is 0 Å². The van der Waals surface area contributed by atoms with E-state index in [1.807, 2.05) is 13.8 Å². The van der Waals surface area contributed by atoms with Gasteiger partial charge < -0.3 is 18.9 Å². The second-order valence-electron chi connectivity index (χ2n) is 10.1. The van der Waals surface area contributed by atoms with E-state index in [0.717, 1.165) is 12.8 Å². The highest BCUT2D eigenvalue weighted by atomic mass is 35.5. The Bertz CT molecular complexity index is 1420. The monoisotopic (exact) mass is 543 g/mol. The molecule has 2 aromatic carbocycles. The van der Waals surface area contributed by atoms with E-state index in [0.29, 0.717) is 52.3 Å². The van der Waals surface area contributed by atoms with Crippen molar-refractivity contribution < 1.29 is 22.7 Å². The van der Waals surface area contributed by atoms with E-state index in [2.05, 4.69) is 4.98 Å². The van der Waals surface area contributed by atoms with Gasteiger partial charge >= 0.3 is 0 Å². The molecule has 3 aromatic rings. The van der Waals surface area contributed by atoms with Gasteiger partial charge in [0, 0.05) is 23.7 Å². The number of benzene rings is 2. The zero-order valence-electron chi connectivity index (χ0n) is 20.9. The Kier molecular flexibility index (Phi) is 7.18. The minimum atomic E-state index is -3.75. The number of hydrogen-bond acceptors (Lipinski definition) is 6. The molecule has 196 valence electrons. The molecule has 1 aromatic heterocycles. The number of hydrogen-bond donors (Lipinski definition) is 0. The molecule has 37 heavy (non-hydrogen) atoms. The van der Waals surface area contributed by atoms with Crippen molar-refractivity contribution in [2.75, 3.05) is 13.3 Å². The maximum absolute atomic E-state index is 13.6. The number of carbonyl (C=O) groups is 1. The Morgan fingerprint density at radius 1 is 1.16 bits per heavy atom. The minimum Gasteiger partial charge on any atom is -0.454 e. The Balaban J connectivity index is 1.44. The number of sulfone groups is 1. The molecule has 0 N–H and O–H groups in total. The van der Waals surface area contributed by atoms with Crippen LogP contribution in [0.2, 0.25) is 5.02 Å². The molecule has 2 aliphatic rings. The lowest BCUT2D eigenvalue weighted by Gasteiger charge is -2.24. The highest BCUT2D eigenvalue weighted by molar-refractivity contribution is 7.90. The topological polar surface area (TPSA) is 90.7 Å². The largest absolute Gasteiger partial charge is 0.454 e. The van der Waals surface area contributed by atoms with Crippen LogP contribution in [0.4, 0.5) is 0 Å². The number of rotatable bonds is 10. The molecule has 2 heterocycles. The molecule has 0 spiro atoms. The smallest absolute Gasteiger partial charge is 0.254 e. The van der Waals surface area contributed by atoms with Gasteiger partial charge in [-0.3, -0.25) is 4.79 Å². The summed E-state index contributed by atoms with van der Waals surface area (Å²) in [5.74, 6) is 1.46. The van der Waals surface area contributed by atoms with Crippen LogP contribution in [0.15, 0.2) is 53.8 Å². The van der Waals surface area contributed by atoms with Crippen molar-refractivity contribution in [1.29, 1.82) is 0 Å². The Morgan fingerprint density at radius 2 is 1.95 bits per heavy atom. The molecule has 1 aliphatic carbocycles. The third-order valence-corrected chi connectivity index (χ3v) is 8.24. The fraction of sp³-hybridized carbons (Fsp3) is 0.407. The predicted octanol–water partition coefficient (Wildman–Crippen LogP) is 4.95. The number of amides is 1. The van der Waals surface area contributed by atoms with Gasteiger partial charge in [-0.05, 0) is 60.6 Å². The van der Waals surface area contributed by atoms with Crippen LogP contribution in [0, 0.1) is 11.8 Å². The van der Waals surface area contributed by atoms with Crippen LogP contribution in [0.5, 0.6) is 11.5 Å². The first-order valence-corrected chi connectivity index (χ1v) is 14.4. The van der Waals surface area contributed by atoms with Crippen molar-refractivity contribution in [3.05, 3.63) is 70.5 Å². The van der Waals surface area contributed by atoms with E-state index in [1.54, 1.807) is 58.1 Å². The number of halogens is 1. The number of carbonyl (C=O) groups excluding carboxylic acids is 1. The van der Waals surface area contributed by atoms with Crippen LogP contribution in [-0.4, -0.2) is 42.1 Å². The van der Waals surface area contributed by atoms with Gasteiger partial charge in [0.15, 0.2) is 11.5 Å². The summed E-state index contributed by atoms with van der Waals surface area (Å²) in [6.45, 7) is 5.52. The predicted molar refractivity (Wildman–Crippen MR) is 139 cm³/mol. The number of nitrogens with zero attached hydrogens (tertiary/aromatic N) is 3. The zero-order chi connectivity index (χ0) is 26.2.